The molecule has 108 valence electrons. The molecule has 0 spiro atoms. The lowest BCUT2D eigenvalue weighted by molar-refractivity contribution is 0.404. The van der Waals surface area contributed by atoms with Gasteiger partial charge in [0, 0.05) is 16.1 Å². The van der Waals surface area contributed by atoms with Crippen molar-refractivity contribution in [2.45, 2.75) is 13.0 Å². The molecule has 1 atom stereocenters. The SMILES string of the molecule is CCNC(c1ccc(Cl)cc1OC)c1cc(Cl)sc1Cl. The first kappa shape index (κ1) is 15.9. The lowest BCUT2D eigenvalue weighted by Gasteiger charge is -2.20. The van der Waals surface area contributed by atoms with Crippen molar-refractivity contribution in [2.75, 3.05) is 13.7 Å². The van der Waals surface area contributed by atoms with Crippen molar-refractivity contribution in [1.29, 1.82) is 0 Å². The van der Waals surface area contributed by atoms with Crippen molar-refractivity contribution in [1.82, 2.24) is 5.32 Å². The fraction of sp³-hybridized carbons (Fsp3) is 0.286. The van der Waals surface area contributed by atoms with Gasteiger partial charge < -0.3 is 10.1 Å². The van der Waals surface area contributed by atoms with E-state index < -0.39 is 0 Å². The Kier molecular flexibility index (Phi) is 5.58. The Balaban J connectivity index is 2.51. The second-order valence-corrected chi connectivity index (χ2v) is 6.88. The summed E-state index contributed by atoms with van der Waals surface area (Å²) in [5.41, 5.74) is 1.93. The molecule has 0 fully saturated rings. The first-order chi connectivity index (χ1) is 9.56. The van der Waals surface area contributed by atoms with E-state index >= 15 is 0 Å². The average Bonchev–Trinajstić information content (AvgIpc) is 2.75. The number of hydrogen-bond acceptors (Lipinski definition) is 3. The van der Waals surface area contributed by atoms with E-state index in [0.717, 1.165) is 23.4 Å². The smallest absolute Gasteiger partial charge is 0.125 e. The van der Waals surface area contributed by atoms with Gasteiger partial charge in [0.05, 0.1) is 21.8 Å². The molecule has 2 nitrogen and oxygen atoms in total. The third-order valence-corrected chi connectivity index (χ3v) is 4.66. The molecule has 0 aliphatic rings. The summed E-state index contributed by atoms with van der Waals surface area (Å²) < 4.78 is 6.77. The van der Waals surface area contributed by atoms with E-state index in [2.05, 4.69) is 5.32 Å². The van der Waals surface area contributed by atoms with E-state index in [0.29, 0.717) is 13.7 Å². The van der Waals surface area contributed by atoms with Crippen molar-refractivity contribution in [3.8, 4) is 5.75 Å². The molecule has 0 aliphatic carbocycles. The zero-order valence-electron chi connectivity index (χ0n) is 11.0. The van der Waals surface area contributed by atoms with Gasteiger partial charge in [0.25, 0.3) is 0 Å². The highest BCUT2D eigenvalue weighted by molar-refractivity contribution is 7.20. The van der Waals surface area contributed by atoms with E-state index in [4.69, 9.17) is 39.5 Å². The maximum absolute atomic E-state index is 6.28. The standard InChI is InChI=1S/C14H14Cl3NOS/c1-3-18-13(10-7-12(16)20-14(10)17)9-5-4-8(15)6-11(9)19-2/h4-7,13,18H,3H2,1-2H3. The molecule has 2 aromatic rings. The van der Waals surface area contributed by atoms with Crippen molar-refractivity contribution in [3.63, 3.8) is 0 Å². The van der Waals surface area contributed by atoms with E-state index in [9.17, 15) is 0 Å². The largest absolute Gasteiger partial charge is 0.496 e. The van der Waals surface area contributed by atoms with Gasteiger partial charge in [-0.05, 0) is 24.7 Å². The normalized spacial score (nSPS) is 12.4. The third kappa shape index (κ3) is 3.41. The Morgan fingerprint density at radius 2 is 1.95 bits per heavy atom. The second kappa shape index (κ2) is 7.01. The number of hydrogen-bond donors (Lipinski definition) is 1. The monoisotopic (exact) mass is 349 g/mol. The quantitative estimate of drug-likeness (QED) is 0.778. The second-order valence-electron chi connectivity index (χ2n) is 4.16. The molecular weight excluding hydrogens is 337 g/mol. The fourth-order valence-electron chi connectivity index (χ4n) is 2.06. The van der Waals surface area contributed by atoms with Crippen LogP contribution in [0.1, 0.15) is 24.1 Å². The summed E-state index contributed by atoms with van der Waals surface area (Å²) in [4.78, 5) is 0. The highest BCUT2D eigenvalue weighted by Crippen LogP contribution is 2.40. The minimum Gasteiger partial charge on any atom is -0.496 e. The van der Waals surface area contributed by atoms with Gasteiger partial charge in [-0.15, -0.1) is 11.3 Å². The number of methoxy groups -OCH3 is 1. The Bertz CT molecular complexity index is 600. The predicted octanol–water partition coefficient (Wildman–Crippen LogP) is 5.42. The topological polar surface area (TPSA) is 21.3 Å². The highest BCUT2D eigenvalue weighted by atomic mass is 35.5. The number of benzene rings is 1. The zero-order chi connectivity index (χ0) is 14.7. The summed E-state index contributed by atoms with van der Waals surface area (Å²) in [5, 5.41) is 4.04. The van der Waals surface area contributed by atoms with Crippen molar-refractivity contribution < 1.29 is 4.74 Å². The molecule has 2 rings (SSSR count). The first-order valence-electron chi connectivity index (χ1n) is 6.08. The minimum atomic E-state index is -0.0801. The van der Waals surface area contributed by atoms with Crippen LogP contribution in [0.5, 0.6) is 5.75 Å². The molecule has 0 saturated heterocycles. The molecule has 1 unspecified atom stereocenters. The van der Waals surface area contributed by atoms with Crippen LogP contribution in [0.25, 0.3) is 0 Å². The maximum atomic E-state index is 6.28. The van der Waals surface area contributed by atoms with E-state index in [1.807, 2.05) is 25.1 Å². The van der Waals surface area contributed by atoms with Gasteiger partial charge in [-0.1, -0.05) is 47.8 Å². The molecule has 20 heavy (non-hydrogen) atoms. The fourth-order valence-corrected chi connectivity index (χ4v) is 3.76. The maximum Gasteiger partial charge on any atom is 0.125 e. The summed E-state index contributed by atoms with van der Waals surface area (Å²) in [6, 6.07) is 7.38. The van der Waals surface area contributed by atoms with Crippen LogP contribution in [0.2, 0.25) is 13.7 Å². The Hall–Kier alpha value is -0.450. The highest BCUT2D eigenvalue weighted by Gasteiger charge is 2.22. The summed E-state index contributed by atoms with van der Waals surface area (Å²) in [5.74, 6) is 0.724. The van der Waals surface area contributed by atoms with E-state index in [1.165, 1.54) is 11.3 Å². The molecule has 1 heterocycles. The minimum absolute atomic E-state index is 0.0801. The van der Waals surface area contributed by atoms with E-state index in [1.54, 1.807) is 13.2 Å². The number of halogens is 3. The van der Waals surface area contributed by atoms with Gasteiger partial charge in [-0.2, -0.15) is 0 Å². The zero-order valence-corrected chi connectivity index (χ0v) is 14.1. The lowest BCUT2D eigenvalue weighted by Crippen LogP contribution is -2.22. The molecule has 1 N–H and O–H groups in total. The van der Waals surface area contributed by atoms with Crippen LogP contribution in [0.15, 0.2) is 24.3 Å². The van der Waals surface area contributed by atoms with Gasteiger partial charge in [0.2, 0.25) is 0 Å². The molecule has 0 aliphatic heterocycles. The van der Waals surface area contributed by atoms with Crippen LogP contribution in [-0.4, -0.2) is 13.7 Å². The van der Waals surface area contributed by atoms with Crippen LogP contribution in [0, 0.1) is 0 Å². The van der Waals surface area contributed by atoms with E-state index in [-0.39, 0.29) is 6.04 Å². The number of nitrogens with one attached hydrogen (secondary N) is 1. The van der Waals surface area contributed by atoms with Gasteiger partial charge >= 0.3 is 0 Å². The molecule has 0 radical (unpaired) electrons. The average molecular weight is 351 g/mol. The van der Waals surface area contributed by atoms with Crippen LogP contribution in [0.3, 0.4) is 0 Å². The molecule has 1 aromatic heterocycles. The third-order valence-electron chi connectivity index (χ3n) is 2.91. The van der Waals surface area contributed by atoms with Gasteiger partial charge in [0.15, 0.2) is 0 Å². The van der Waals surface area contributed by atoms with Gasteiger partial charge in [-0.3, -0.25) is 0 Å². The number of ether oxygens (including phenoxy) is 1. The molecule has 0 amide bonds. The summed E-state index contributed by atoms with van der Waals surface area (Å²) in [6.07, 6.45) is 0. The Morgan fingerprint density at radius 1 is 1.20 bits per heavy atom. The van der Waals surface area contributed by atoms with Crippen LogP contribution in [0.4, 0.5) is 0 Å². The Labute approximate surface area is 137 Å². The molecule has 1 aromatic carbocycles. The predicted molar refractivity (Wildman–Crippen MR) is 87.9 cm³/mol. The summed E-state index contributed by atoms with van der Waals surface area (Å²) >= 11 is 19.7. The van der Waals surface area contributed by atoms with Crippen LogP contribution < -0.4 is 10.1 Å². The molecule has 0 saturated carbocycles. The lowest BCUT2D eigenvalue weighted by atomic mass is 10.00. The number of rotatable bonds is 5. The first-order valence-corrected chi connectivity index (χ1v) is 8.03. The van der Waals surface area contributed by atoms with Crippen molar-refractivity contribution in [3.05, 3.63) is 49.1 Å². The summed E-state index contributed by atoms with van der Waals surface area (Å²) in [6.45, 7) is 2.83. The summed E-state index contributed by atoms with van der Waals surface area (Å²) in [7, 11) is 1.63. The van der Waals surface area contributed by atoms with Crippen LogP contribution >= 0.6 is 46.1 Å². The molecule has 6 heteroatoms. The Morgan fingerprint density at radius 3 is 2.50 bits per heavy atom. The van der Waals surface area contributed by atoms with Gasteiger partial charge in [-0.25, -0.2) is 0 Å². The molecular formula is C14H14Cl3NOS. The van der Waals surface area contributed by atoms with Crippen molar-refractivity contribution >= 4 is 46.1 Å². The molecule has 0 bridgehead atoms. The van der Waals surface area contributed by atoms with Crippen LogP contribution in [-0.2, 0) is 0 Å². The number of thiophene rings is 1. The van der Waals surface area contributed by atoms with Gasteiger partial charge in [0.1, 0.15) is 5.75 Å². The van der Waals surface area contributed by atoms with Crippen molar-refractivity contribution in [2.24, 2.45) is 0 Å².